The number of nitrogens with zero attached hydrogens (tertiary/aromatic N) is 1. The van der Waals surface area contributed by atoms with Crippen molar-refractivity contribution >= 4 is 11.9 Å². The summed E-state index contributed by atoms with van der Waals surface area (Å²) in [6, 6.07) is 0.352. The molecule has 2 aliphatic rings. The summed E-state index contributed by atoms with van der Waals surface area (Å²) in [6.45, 7) is 8.75. The molecule has 1 saturated heterocycles. The quantitative estimate of drug-likeness (QED) is 0.594. The van der Waals surface area contributed by atoms with Crippen LogP contribution in [0.4, 0.5) is 0 Å². The van der Waals surface area contributed by atoms with Crippen LogP contribution in [0.5, 0.6) is 0 Å². The highest BCUT2D eigenvalue weighted by molar-refractivity contribution is 5.98. The fourth-order valence-corrected chi connectivity index (χ4v) is 3.94. The Kier molecular flexibility index (Phi) is 4.95. The first-order valence-electron chi connectivity index (χ1n) is 8.33. The minimum Gasteiger partial charge on any atom is -0.465 e. The summed E-state index contributed by atoms with van der Waals surface area (Å²) < 4.78 is 5.17. The first-order valence-corrected chi connectivity index (χ1v) is 8.33. The highest BCUT2D eigenvalue weighted by atomic mass is 16.5. The van der Waals surface area contributed by atoms with Crippen LogP contribution < -0.4 is 0 Å². The number of hydrogen-bond acceptors (Lipinski definition) is 3. The lowest BCUT2D eigenvalue weighted by molar-refractivity contribution is -0.162. The third-order valence-corrected chi connectivity index (χ3v) is 4.91. The molecular formula is C17H29NO3. The van der Waals surface area contributed by atoms with E-state index in [0.717, 1.165) is 19.4 Å². The zero-order chi connectivity index (χ0) is 15.6. The summed E-state index contributed by atoms with van der Waals surface area (Å²) in [7, 11) is 0. The van der Waals surface area contributed by atoms with Crippen LogP contribution in [0.3, 0.4) is 0 Å². The molecule has 4 heteroatoms. The van der Waals surface area contributed by atoms with Gasteiger partial charge in [-0.3, -0.25) is 9.59 Å². The van der Waals surface area contributed by atoms with Crippen LogP contribution in [0.15, 0.2) is 0 Å². The molecule has 0 radical (unpaired) electrons. The van der Waals surface area contributed by atoms with Crippen molar-refractivity contribution < 1.29 is 14.3 Å². The predicted molar refractivity (Wildman–Crippen MR) is 81.7 cm³/mol. The number of esters is 1. The molecule has 2 rings (SSSR count). The minimum absolute atomic E-state index is 0.0162. The molecule has 0 N–H and O–H groups in total. The smallest absolute Gasteiger partial charge is 0.319 e. The van der Waals surface area contributed by atoms with Crippen molar-refractivity contribution in [3.05, 3.63) is 0 Å². The second-order valence-electron chi connectivity index (χ2n) is 7.48. The molecule has 0 aromatic carbocycles. The normalized spacial score (nSPS) is 27.1. The van der Waals surface area contributed by atoms with Crippen LogP contribution in [-0.4, -0.2) is 36.0 Å². The van der Waals surface area contributed by atoms with Gasteiger partial charge in [0.2, 0.25) is 5.91 Å². The average Bonchev–Trinajstić information content (AvgIpc) is 2.85. The van der Waals surface area contributed by atoms with Gasteiger partial charge in [0, 0.05) is 12.6 Å². The van der Waals surface area contributed by atoms with E-state index in [4.69, 9.17) is 4.74 Å². The number of fused-ring (bicyclic) bond motifs is 1. The molecular weight excluding hydrogens is 266 g/mol. The van der Waals surface area contributed by atoms with E-state index in [1.54, 1.807) is 6.92 Å². The number of carbonyl (C=O) groups is 2. The maximum atomic E-state index is 13.0. The van der Waals surface area contributed by atoms with E-state index in [0.29, 0.717) is 18.6 Å². The number of rotatable bonds is 3. The molecule has 1 heterocycles. The summed E-state index contributed by atoms with van der Waals surface area (Å²) >= 11 is 0. The van der Waals surface area contributed by atoms with Gasteiger partial charge in [-0.1, -0.05) is 27.2 Å². The Morgan fingerprint density at radius 2 is 1.86 bits per heavy atom. The fraction of sp³-hybridized carbons (Fsp3) is 0.882. The summed E-state index contributed by atoms with van der Waals surface area (Å²) in [5.41, 5.74) is -0.408. The fourth-order valence-electron chi connectivity index (χ4n) is 3.94. The van der Waals surface area contributed by atoms with Gasteiger partial charge in [-0.05, 0) is 43.9 Å². The molecule has 0 spiro atoms. The van der Waals surface area contributed by atoms with Gasteiger partial charge >= 0.3 is 5.97 Å². The lowest BCUT2D eigenvalue weighted by atomic mass is 9.78. The Balaban J connectivity index is 2.19. The average molecular weight is 295 g/mol. The molecule has 0 bridgehead atoms. The minimum atomic E-state index is -0.684. The zero-order valence-electron chi connectivity index (χ0n) is 13.9. The molecule has 3 unspecified atom stereocenters. The summed E-state index contributed by atoms with van der Waals surface area (Å²) in [5, 5.41) is 0. The van der Waals surface area contributed by atoms with Gasteiger partial charge in [-0.2, -0.15) is 0 Å². The van der Waals surface area contributed by atoms with E-state index in [1.165, 1.54) is 19.3 Å². The largest absolute Gasteiger partial charge is 0.465 e. The van der Waals surface area contributed by atoms with Gasteiger partial charge in [-0.15, -0.1) is 0 Å². The van der Waals surface area contributed by atoms with Gasteiger partial charge in [0.1, 0.15) is 5.92 Å². The van der Waals surface area contributed by atoms with Crippen LogP contribution in [0, 0.1) is 17.3 Å². The van der Waals surface area contributed by atoms with Crippen molar-refractivity contribution in [2.45, 2.75) is 65.8 Å². The van der Waals surface area contributed by atoms with Crippen molar-refractivity contribution in [2.24, 2.45) is 17.3 Å². The first kappa shape index (κ1) is 16.3. The Labute approximate surface area is 128 Å². The van der Waals surface area contributed by atoms with Crippen molar-refractivity contribution in [1.82, 2.24) is 4.90 Å². The van der Waals surface area contributed by atoms with Gasteiger partial charge in [-0.25, -0.2) is 0 Å². The molecule has 3 atom stereocenters. The van der Waals surface area contributed by atoms with Crippen LogP contribution in [0.1, 0.15) is 59.8 Å². The summed E-state index contributed by atoms with van der Waals surface area (Å²) in [5.74, 6) is -0.421. The molecule has 120 valence electrons. The van der Waals surface area contributed by atoms with E-state index in [-0.39, 0.29) is 11.9 Å². The predicted octanol–water partition coefficient (Wildman–Crippen LogP) is 3.00. The standard InChI is InChI=1S/C17H29NO3/c1-5-21-16(20)14(17(2,3)4)15(19)18-11-7-9-12-8-6-10-13(12)18/h12-14H,5-11H2,1-4H3. The van der Waals surface area contributed by atoms with Crippen LogP contribution in [0.2, 0.25) is 0 Å². The monoisotopic (exact) mass is 295 g/mol. The third kappa shape index (κ3) is 3.41. The maximum Gasteiger partial charge on any atom is 0.319 e. The second-order valence-corrected chi connectivity index (χ2v) is 7.48. The number of carbonyl (C=O) groups excluding carboxylic acids is 2. The molecule has 2 fully saturated rings. The number of piperidine rings is 1. The second kappa shape index (κ2) is 6.37. The molecule has 21 heavy (non-hydrogen) atoms. The maximum absolute atomic E-state index is 13.0. The third-order valence-electron chi connectivity index (χ3n) is 4.91. The van der Waals surface area contributed by atoms with E-state index in [2.05, 4.69) is 0 Å². The number of hydrogen-bond donors (Lipinski definition) is 0. The van der Waals surface area contributed by atoms with E-state index in [1.807, 2.05) is 25.7 Å². The Bertz CT molecular complexity index is 399. The molecule has 1 aliphatic carbocycles. The van der Waals surface area contributed by atoms with Crippen LogP contribution in [0.25, 0.3) is 0 Å². The van der Waals surface area contributed by atoms with Crippen molar-refractivity contribution in [1.29, 1.82) is 0 Å². The van der Waals surface area contributed by atoms with Crippen molar-refractivity contribution in [3.8, 4) is 0 Å². The first-order chi connectivity index (χ1) is 9.86. The van der Waals surface area contributed by atoms with E-state index < -0.39 is 11.3 Å². The lowest BCUT2D eigenvalue weighted by Crippen LogP contribution is -2.52. The van der Waals surface area contributed by atoms with Crippen molar-refractivity contribution in [3.63, 3.8) is 0 Å². The van der Waals surface area contributed by atoms with Gasteiger partial charge in [0.05, 0.1) is 6.61 Å². The molecule has 1 saturated carbocycles. The van der Waals surface area contributed by atoms with E-state index in [9.17, 15) is 9.59 Å². The van der Waals surface area contributed by atoms with Crippen molar-refractivity contribution in [2.75, 3.05) is 13.2 Å². The number of ether oxygens (including phenoxy) is 1. The van der Waals surface area contributed by atoms with E-state index >= 15 is 0 Å². The van der Waals surface area contributed by atoms with Gasteiger partial charge in [0.15, 0.2) is 0 Å². The zero-order valence-corrected chi connectivity index (χ0v) is 13.9. The molecule has 4 nitrogen and oxygen atoms in total. The summed E-state index contributed by atoms with van der Waals surface area (Å²) in [6.07, 6.45) is 5.82. The SMILES string of the molecule is CCOC(=O)C(C(=O)N1CCCC2CCCC21)C(C)(C)C. The summed E-state index contributed by atoms with van der Waals surface area (Å²) in [4.78, 5) is 27.3. The Morgan fingerprint density at radius 3 is 2.48 bits per heavy atom. The highest BCUT2D eigenvalue weighted by Gasteiger charge is 2.45. The van der Waals surface area contributed by atoms with Crippen LogP contribution >= 0.6 is 0 Å². The van der Waals surface area contributed by atoms with Crippen LogP contribution in [-0.2, 0) is 14.3 Å². The molecule has 1 aliphatic heterocycles. The number of likely N-dealkylation sites (tertiary alicyclic amines) is 1. The highest BCUT2D eigenvalue weighted by Crippen LogP contribution is 2.39. The van der Waals surface area contributed by atoms with Gasteiger partial charge < -0.3 is 9.64 Å². The molecule has 0 aromatic heterocycles. The Hall–Kier alpha value is -1.06. The lowest BCUT2D eigenvalue weighted by Gasteiger charge is -2.41. The number of amides is 1. The topological polar surface area (TPSA) is 46.6 Å². The van der Waals surface area contributed by atoms with Gasteiger partial charge in [0.25, 0.3) is 0 Å². The molecule has 0 aromatic rings. The molecule has 1 amide bonds. The Morgan fingerprint density at radius 1 is 1.19 bits per heavy atom.